The number of anilines is 1. The molecule has 0 aliphatic heterocycles. The van der Waals surface area contributed by atoms with E-state index in [0.29, 0.717) is 39.4 Å². The number of amides is 1. The molecule has 0 heterocycles. The Morgan fingerprint density at radius 2 is 1.82 bits per heavy atom. The predicted molar refractivity (Wildman–Crippen MR) is 132 cm³/mol. The van der Waals surface area contributed by atoms with E-state index in [0.717, 1.165) is 11.1 Å². The molecular weight excluding hydrogens is 459 g/mol. The molecule has 0 bridgehead atoms. The SMILES string of the molecule is CCOc1cc(/C=C(/C#N)C(=O)Nc2ccccc2C)ccc1OCc1ccc(Cl)c(Cl)c1. The highest BCUT2D eigenvalue weighted by Crippen LogP contribution is 2.31. The van der Waals surface area contributed by atoms with Crippen LogP contribution in [0.3, 0.4) is 0 Å². The Hall–Kier alpha value is -3.46. The maximum atomic E-state index is 12.6. The van der Waals surface area contributed by atoms with Crippen LogP contribution in [0, 0.1) is 18.3 Å². The summed E-state index contributed by atoms with van der Waals surface area (Å²) < 4.78 is 11.6. The van der Waals surface area contributed by atoms with Crippen LogP contribution in [0.25, 0.3) is 6.08 Å². The van der Waals surface area contributed by atoms with Gasteiger partial charge in [-0.2, -0.15) is 5.26 Å². The van der Waals surface area contributed by atoms with E-state index in [1.54, 1.807) is 36.4 Å². The van der Waals surface area contributed by atoms with E-state index in [-0.39, 0.29) is 12.2 Å². The van der Waals surface area contributed by atoms with Crippen LogP contribution < -0.4 is 14.8 Å². The van der Waals surface area contributed by atoms with Crippen molar-refractivity contribution in [2.45, 2.75) is 20.5 Å². The molecule has 0 radical (unpaired) electrons. The van der Waals surface area contributed by atoms with Gasteiger partial charge in [-0.1, -0.05) is 53.5 Å². The lowest BCUT2D eigenvalue weighted by Gasteiger charge is -2.13. The summed E-state index contributed by atoms with van der Waals surface area (Å²) in [6.07, 6.45) is 1.51. The number of hydrogen-bond acceptors (Lipinski definition) is 4. The minimum Gasteiger partial charge on any atom is -0.490 e. The van der Waals surface area contributed by atoms with E-state index in [2.05, 4.69) is 5.32 Å². The Morgan fingerprint density at radius 3 is 2.52 bits per heavy atom. The number of benzene rings is 3. The van der Waals surface area contributed by atoms with Gasteiger partial charge in [-0.05, 0) is 66.9 Å². The van der Waals surface area contributed by atoms with Crippen molar-refractivity contribution < 1.29 is 14.3 Å². The van der Waals surface area contributed by atoms with Crippen molar-refractivity contribution in [1.82, 2.24) is 0 Å². The summed E-state index contributed by atoms with van der Waals surface area (Å²) in [6.45, 7) is 4.45. The van der Waals surface area contributed by atoms with Gasteiger partial charge < -0.3 is 14.8 Å². The lowest BCUT2D eigenvalue weighted by atomic mass is 10.1. The Labute approximate surface area is 203 Å². The number of carbonyl (C=O) groups is 1. The third-order valence-electron chi connectivity index (χ3n) is 4.72. The van der Waals surface area contributed by atoms with Crippen molar-refractivity contribution >= 4 is 40.9 Å². The normalized spacial score (nSPS) is 10.9. The molecule has 7 heteroatoms. The fourth-order valence-corrected chi connectivity index (χ4v) is 3.33. The van der Waals surface area contributed by atoms with Crippen molar-refractivity contribution in [3.05, 3.63) is 93.0 Å². The predicted octanol–water partition coefficient (Wildman–Crippen LogP) is 6.83. The standard InChI is InChI=1S/C26H22Cl2N2O3/c1-3-32-25-14-18(9-11-24(25)33-16-19-8-10-21(27)22(28)13-19)12-20(15-29)26(31)30-23-7-5-4-6-17(23)2/h4-14H,3,16H2,1-2H3,(H,30,31)/b20-12-. The van der Waals surface area contributed by atoms with Crippen LogP contribution in [-0.2, 0) is 11.4 Å². The molecule has 0 spiro atoms. The smallest absolute Gasteiger partial charge is 0.266 e. The van der Waals surface area contributed by atoms with Crippen LogP contribution in [0.15, 0.2) is 66.2 Å². The molecule has 0 unspecified atom stereocenters. The Kier molecular flexibility index (Phi) is 8.37. The summed E-state index contributed by atoms with van der Waals surface area (Å²) >= 11 is 12.0. The highest BCUT2D eigenvalue weighted by Gasteiger charge is 2.13. The summed E-state index contributed by atoms with van der Waals surface area (Å²) in [5, 5.41) is 13.2. The number of rotatable bonds is 8. The van der Waals surface area contributed by atoms with E-state index in [1.807, 2.05) is 44.2 Å². The summed E-state index contributed by atoms with van der Waals surface area (Å²) in [5.74, 6) is 0.551. The number of aryl methyl sites for hydroxylation is 1. The van der Waals surface area contributed by atoms with Gasteiger partial charge in [0.05, 0.1) is 16.7 Å². The zero-order valence-electron chi connectivity index (χ0n) is 18.2. The van der Waals surface area contributed by atoms with Crippen molar-refractivity contribution in [3.8, 4) is 17.6 Å². The van der Waals surface area contributed by atoms with Gasteiger partial charge in [0.2, 0.25) is 0 Å². The molecule has 3 aromatic carbocycles. The van der Waals surface area contributed by atoms with Crippen LogP contribution in [0.2, 0.25) is 10.0 Å². The van der Waals surface area contributed by atoms with Gasteiger partial charge in [0, 0.05) is 5.69 Å². The number of para-hydroxylation sites is 1. The lowest BCUT2D eigenvalue weighted by Crippen LogP contribution is -2.14. The first-order valence-electron chi connectivity index (χ1n) is 10.2. The number of carbonyl (C=O) groups excluding carboxylic acids is 1. The summed E-state index contributed by atoms with van der Waals surface area (Å²) in [7, 11) is 0. The van der Waals surface area contributed by atoms with Gasteiger partial charge in [-0.25, -0.2) is 0 Å². The van der Waals surface area contributed by atoms with Crippen LogP contribution in [0.5, 0.6) is 11.5 Å². The number of halogens is 2. The van der Waals surface area contributed by atoms with Crippen molar-refractivity contribution in [1.29, 1.82) is 5.26 Å². The highest BCUT2D eigenvalue weighted by molar-refractivity contribution is 6.42. The van der Waals surface area contributed by atoms with Gasteiger partial charge in [-0.3, -0.25) is 4.79 Å². The first-order chi connectivity index (χ1) is 15.9. The molecule has 168 valence electrons. The third kappa shape index (κ3) is 6.52. The highest BCUT2D eigenvalue weighted by atomic mass is 35.5. The van der Waals surface area contributed by atoms with E-state index in [1.165, 1.54) is 6.08 Å². The zero-order chi connectivity index (χ0) is 23.8. The Morgan fingerprint density at radius 1 is 1.03 bits per heavy atom. The van der Waals surface area contributed by atoms with Crippen molar-refractivity contribution in [2.75, 3.05) is 11.9 Å². The zero-order valence-corrected chi connectivity index (χ0v) is 19.7. The molecule has 0 aliphatic carbocycles. The molecule has 33 heavy (non-hydrogen) atoms. The van der Waals surface area contributed by atoms with Gasteiger partial charge in [-0.15, -0.1) is 0 Å². The van der Waals surface area contributed by atoms with Gasteiger partial charge in [0.25, 0.3) is 5.91 Å². The van der Waals surface area contributed by atoms with Crippen molar-refractivity contribution in [2.24, 2.45) is 0 Å². The fraction of sp³-hybridized carbons (Fsp3) is 0.154. The molecule has 5 nitrogen and oxygen atoms in total. The van der Waals surface area contributed by atoms with Gasteiger partial charge in [0.1, 0.15) is 18.2 Å². The number of nitrogens with zero attached hydrogens (tertiary/aromatic N) is 1. The number of nitrogens with one attached hydrogen (secondary N) is 1. The summed E-state index contributed by atoms with van der Waals surface area (Å²) in [4.78, 5) is 12.6. The quantitative estimate of drug-likeness (QED) is 0.283. The minimum atomic E-state index is -0.482. The average molecular weight is 481 g/mol. The van der Waals surface area contributed by atoms with Crippen LogP contribution in [0.1, 0.15) is 23.6 Å². The second-order valence-electron chi connectivity index (χ2n) is 7.12. The lowest BCUT2D eigenvalue weighted by molar-refractivity contribution is -0.112. The van der Waals surface area contributed by atoms with Crippen LogP contribution >= 0.6 is 23.2 Å². The molecule has 0 aromatic heterocycles. The summed E-state index contributed by atoms with van der Waals surface area (Å²) in [6, 6.07) is 19.9. The Bertz CT molecular complexity index is 1230. The molecule has 1 amide bonds. The first-order valence-corrected chi connectivity index (χ1v) is 11.0. The minimum absolute atomic E-state index is 0.0230. The molecule has 1 N–H and O–H groups in total. The average Bonchev–Trinajstić information content (AvgIpc) is 2.80. The van der Waals surface area contributed by atoms with E-state index in [4.69, 9.17) is 32.7 Å². The monoisotopic (exact) mass is 480 g/mol. The van der Waals surface area contributed by atoms with E-state index < -0.39 is 5.91 Å². The van der Waals surface area contributed by atoms with Gasteiger partial charge >= 0.3 is 0 Å². The number of nitriles is 1. The topological polar surface area (TPSA) is 71.3 Å². The Balaban J connectivity index is 1.79. The molecule has 0 atom stereocenters. The van der Waals surface area contributed by atoms with Crippen LogP contribution in [-0.4, -0.2) is 12.5 Å². The molecule has 3 rings (SSSR count). The maximum absolute atomic E-state index is 12.6. The molecular formula is C26H22Cl2N2O3. The molecule has 0 saturated carbocycles. The van der Waals surface area contributed by atoms with E-state index in [9.17, 15) is 10.1 Å². The number of hydrogen-bond donors (Lipinski definition) is 1. The molecule has 0 aliphatic rings. The maximum Gasteiger partial charge on any atom is 0.266 e. The second-order valence-corrected chi connectivity index (χ2v) is 7.93. The van der Waals surface area contributed by atoms with Crippen LogP contribution in [0.4, 0.5) is 5.69 Å². The third-order valence-corrected chi connectivity index (χ3v) is 5.45. The fourth-order valence-electron chi connectivity index (χ4n) is 3.01. The second kappa shape index (κ2) is 11.4. The largest absolute Gasteiger partial charge is 0.490 e. The summed E-state index contributed by atoms with van der Waals surface area (Å²) in [5.41, 5.74) is 3.03. The molecule has 0 saturated heterocycles. The first kappa shape index (κ1) is 24.2. The van der Waals surface area contributed by atoms with E-state index >= 15 is 0 Å². The van der Waals surface area contributed by atoms with Crippen molar-refractivity contribution in [3.63, 3.8) is 0 Å². The number of ether oxygens (including phenoxy) is 2. The molecule has 0 fully saturated rings. The molecule has 3 aromatic rings. The van der Waals surface area contributed by atoms with Gasteiger partial charge in [0.15, 0.2) is 11.5 Å².